The van der Waals surface area contributed by atoms with Gasteiger partial charge in [-0.1, -0.05) is 25.9 Å². The van der Waals surface area contributed by atoms with Gasteiger partial charge in [-0.15, -0.1) is 0 Å². The maximum atomic E-state index is 4.35. The van der Waals surface area contributed by atoms with Gasteiger partial charge in [-0.25, -0.2) is 0 Å². The first-order chi connectivity index (χ1) is 3.91. The first-order valence-electron chi connectivity index (χ1n) is 2.96. The third-order valence-electron chi connectivity index (χ3n) is 0.363. The first kappa shape index (κ1) is 10.5. The summed E-state index contributed by atoms with van der Waals surface area (Å²) in [5.41, 5.74) is 0. The van der Waals surface area contributed by atoms with Gasteiger partial charge in [0.05, 0.1) is 0 Å². The second-order valence-corrected chi connectivity index (χ2v) is 0.879. The molecule has 0 aromatic rings. The molecule has 0 aromatic heterocycles. The van der Waals surface area contributed by atoms with Gasteiger partial charge in [0.1, 0.15) is 7.11 Å². The Morgan fingerprint density at radius 2 is 2.00 bits per heavy atom. The molecule has 8 heavy (non-hydrogen) atoms. The Kier molecular flexibility index (Phi) is 21.0. The minimum atomic E-state index is 0.938. The molecular weight excluding hydrogens is 102 g/mol. The largest absolute Gasteiger partial charge is 0.399 e. The summed E-state index contributed by atoms with van der Waals surface area (Å²) in [6.07, 6.45) is 2.65. The topological polar surface area (TPSA) is 21.6 Å². The Labute approximate surface area is 51.5 Å². The van der Waals surface area contributed by atoms with Crippen LogP contribution in [0.1, 0.15) is 27.2 Å². The maximum Gasteiger partial charge on any atom is 0.106 e. The molecule has 0 rings (SSSR count). The van der Waals surface area contributed by atoms with Crippen molar-refractivity contribution in [1.82, 2.24) is 0 Å². The summed E-state index contributed by atoms with van der Waals surface area (Å²) < 4.78 is 0. The summed E-state index contributed by atoms with van der Waals surface area (Å²) in [5, 5.41) is 3.47. The van der Waals surface area contributed by atoms with Crippen LogP contribution in [0, 0.1) is 0 Å². The molecule has 50 valence electrons. The van der Waals surface area contributed by atoms with Crippen LogP contribution in [0.15, 0.2) is 5.16 Å². The highest BCUT2D eigenvalue weighted by molar-refractivity contribution is 5.55. The van der Waals surface area contributed by atoms with E-state index in [1.807, 2.05) is 20.8 Å². The van der Waals surface area contributed by atoms with E-state index in [1.54, 1.807) is 6.21 Å². The summed E-state index contributed by atoms with van der Waals surface area (Å²) in [5.74, 6) is 0. The molecule has 0 unspecified atom stereocenters. The van der Waals surface area contributed by atoms with Gasteiger partial charge in [-0.05, 0) is 6.42 Å². The fourth-order valence-corrected chi connectivity index (χ4v) is 0.149. The summed E-state index contributed by atoms with van der Waals surface area (Å²) in [7, 11) is 1.53. The normalized spacial score (nSPS) is 8.00. The molecule has 0 N–H and O–H groups in total. The molecule has 0 spiro atoms. The minimum absolute atomic E-state index is 0.938. The lowest BCUT2D eigenvalue weighted by Gasteiger charge is -1.78. The fourth-order valence-electron chi connectivity index (χ4n) is 0.149. The molecule has 0 aliphatic rings. The number of hydrogen-bond acceptors (Lipinski definition) is 2. The molecule has 0 saturated carbocycles. The van der Waals surface area contributed by atoms with Crippen LogP contribution in [-0.2, 0) is 4.84 Å². The second kappa shape index (κ2) is 16.1. The van der Waals surface area contributed by atoms with Crippen LogP contribution in [-0.4, -0.2) is 13.3 Å². The van der Waals surface area contributed by atoms with Crippen molar-refractivity contribution in [3.8, 4) is 0 Å². The predicted octanol–water partition coefficient (Wildman–Crippen LogP) is 2.05. The lowest BCUT2D eigenvalue weighted by molar-refractivity contribution is 0.214. The van der Waals surface area contributed by atoms with Gasteiger partial charge in [-0.2, -0.15) is 0 Å². The average Bonchev–Trinajstić information content (AvgIpc) is 1.88. The Hall–Kier alpha value is -0.530. The van der Waals surface area contributed by atoms with Gasteiger partial charge in [-0.3, -0.25) is 0 Å². The number of oxime groups is 1. The third-order valence-corrected chi connectivity index (χ3v) is 0.363. The van der Waals surface area contributed by atoms with Crippen LogP contribution in [0.2, 0.25) is 0 Å². The second-order valence-electron chi connectivity index (χ2n) is 0.879. The molecule has 2 nitrogen and oxygen atoms in total. The van der Waals surface area contributed by atoms with E-state index in [4.69, 9.17) is 0 Å². The van der Waals surface area contributed by atoms with Crippen LogP contribution in [0.25, 0.3) is 0 Å². The van der Waals surface area contributed by atoms with Gasteiger partial charge in [0.2, 0.25) is 0 Å². The Morgan fingerprint density at radius 1 is 1.50 bits per heavy atom. The Balaban J connectivity index is 0. The van der Waals surface area contributed by atoms with Gasteiger partial charge < -0.3 is 4.84 Å². The molecule has 0 bridgehead atoms. The van der Waals surface area contributed by atoms with E-state index < -0.39 is 0 Å². The van der Waals surface area contributed by atoms with E-state index in [0.717, 1.165) is 6.42 Å². The van der Waals surface area contributed by atoms with Crippen molar-refractivity contribution in [2.24, 2.45) is 5.16 Å². The lowest BCUT2D eigenvalue weighted by Crippen LogP contribution is -1.68. The molecule has 0 fully saturated rings. The standard InChI is InChI=1S/C4H9NO.C2H6/c1-3-4-5-6-2;1-2/h4H,3H2,1-2H3;1-2H3/b5-4+;. The molecule has 0 saturated heterocycles. The lowest BCUT2D eigenvalue weighted by atomic mass is 10.6. The molecular formula is C6H15NO. The third kappa shape index (κ3) is 17.9. The van der Waals surface area contributed by atoms with E-state index >= 15 is 0 Å². The quantitative estimate of drug-likeness (QED) is 0.400. The van der Waals surface area contributed by atoms with Crippen LogP contribution >= 0.6 is 0 Å². The van der Waals surface area contributed by atoms with E-state index in [-0.39, 0.29) is 0 Å². The van der Waals surface area contributed by atoms with Gasteiger partial charge >= 0.3 is 0 Å². The Bertz CT molecular complexity index is 37.8. The van der Waals surface area contributed by atoms with Crippen LogP contribution in [0.4, 0.5) is 0 Å². The van der Waals surface area contributed by atoms with Crippen LogP contribution < -0.4 is 0 Å². The average molecular weight is 117 g/mol. The Morgan fingerprint density at radius 3 is 2.12 bits per heavy atom. The van der Waals surface area contributed by atoms with Crippen molar-refractivity contribution >= 4 is 6.21 Å². The minimum Gasteiger partial charge on any atom is -0.399 e. The van der Waals surface area contributed by atoms with Crippen LogP contribution in [0.5, 0.6) is 0 Å². The molecule has 0 heterocycles. The van der Waals surface area contributed by atoms with E-state index in [0.29, 0.717) is 0 Å². The molecule has 0 aliphatic heterocycles. The van der Waals surface area contributed by atoms with Crippen molar-refractivity contribution in [1.29, 1.82) is 0 Å². The molecule has 0 radical (unpaired) electrons. The highest BCUT2D eigenvalue weighted by atomic mass is 16.6. The number of nitrogens with zero attached hydrogens (tertiary/aromatic N) is 1. The molecule has 0 aliphatic carbocycles. The summed E-state index contributed by atoms with van der Waals surface area (Å²) in [4.78, 5) is 4.35. The van der Waals surface area contributed by atoms with Crippen molar-refractivity contribution in [3.63, 3.8) is 0 Å². The first-order valence-corrected chi connectivity index (χ1v) is 2.96. The fraction of sp³-hybridized carbons (Fsp3) is 0.833. The van der Waals surface area contributed by atoms with Crippen molar-refractivity contribution < 1.29 is 4.84 Å². The van der Waals surface area contributed by atoms with Gasteiger partial charge in [0, 0.05) is 6.21 Å². The highest BCUT2D eigenvalue weighted by Crippen LogP contribution is 1.67. The monoisotopic (exact) mass is 117 g/mol. The SMILES string of the molecule is CC.CC/C=N/OC. The van der Waals surface area contributed by atoms with Crippen molar-refractivity contribution in [2.45, 2.75) is 27.2 Å². The number of hydrogen-bond donors (Lipinski definition) is 0. The zero-order valence-electron chi connectivity index (χ0n) is 6.14. The molecule has 0 aromatic carbocycles. The summed E-state index contributed by atoms with van der Waals surface area (Å²) in [6.45, 7) is 6.00. The molecule has 2 heteroatoms. The van der Waals surface area contributed by atoms with Crippen LogP contribution in [0.3, 0.4) is 0 Å². The summed E-state index contributed by atoms with van der Waals surface area (Å²) in [6, 6.07) is 0. The van der Waals surface area contributed by atoms with Gasteiger partial charge in [0.25, 0.3) is 0 Å². The molecule has 0 atom stereocenters. The van der Waals surface area contributed by atoms with Crippen molar-refractivity contribution in [3.05, 3.63) is 0 Å². The highest BCUT2D eigenvalue weighted by Gasteiger charge is 1.59. The van der Waals surface area contributed by atoms with E-state index in [2.05, 4.69) is 9.99 Å². The maximum absolute atomic E-state index is 4.35. The van der Waals surface area contributed by atoms with E-state index in [1.165, 1.54) is 7.11 Å². The molecule has 0 amide bonds. The summed E-state index contributed by atoms with van der Waals surface area (Å²) >= 11 is 0. The zero-order valence-corrected chi connectivity index (χ0v) is 6.14. The smallest absolute Gasteiger partial charge is 0.106 e. The van der Waals surface area contributed by atoms with Gasteiger partial charge in [0.15, 0.2) is 0 Å². The van der Waals surface area contributed by atoms with Crippen molar-refractivity contribution in [2.75, 3.05) is 7.11 Å². The zero-order chi connectivity index (χ0) is 6.83. The number of rotatable bonds is 2. The van der Waals surface area contributed by atoms with E-state index in [9.17, 15) is 0 Å². The predicted molar refractivity (Wildman–Crippen MR) is 37.1 cm³/mol.